The van der Waals surface area contributed by atoms with Crippen molar-refractivity contribution in [1.82, 2.24) is 10.2 Å². The first-order chi connectivity index (χ1) is 8.70. The highest BCUT2D eigenvalue weighted by molar-refractivity contribution is 5.76. The summed E-state index contributed by atoms with van der Waals surface area (Å²) in [5, 5.41) is 12.8. The van der Waals surface area contributed by atoms with Crippen LogP contribution in [-0.2, 0) is 4.79 Å². The molecule has 0 aromatic heterocycles. The molecule has 112 valence electrons. The SMILES string of the molecule is CC(C)C(O)CC(=O)NC1CCN(C(C)(C)C)CC1. The molecule has 1 unspecified atom stereocenters. The number of carbonyl (C=O) groups excluding carboxylic acids is 1. The standard InChI is InChI=1S/C15H30N2O2/c1-11(2)13(18)10-14(19)16-12-6-8-17(9-7-12)15(3,4)5/h11-13,18H,6-10H2,1-5H3,(H,16,19). The van der Waals surface area contributed by atoms with Gasteiger partial charge in [0.2, 0.25) is 5.91 Å². The normalized spacial score (nSPS) is 20.6. The summed E-state index contributed by atoms with van der Waals surface area (Å²) in [7, 11) is 0. The van der Waals surface area contributed by atoms with Gasteiger partial charge in [0.1, 0.15) is 0 Å². The number of nitrogens with one attached hydrogen (secondary N) is 1. The molecule has 1 rings (SSSR count). The minimum atomic E-state index is -0.533. The second kappa shape index (κ2) is 6.71. The first kappa shape index (κ1) is 16.4. The molecule has 0 aromatic carbocycles. The Morgan fingerprint density at radius 2 is 1.84 bits per heavy atom. The van der Waals surface area contributed by atoms with E-state index in [2.05, 4.69) is 31.0 Å². The highest BCUT2D eigenvalue weighted by atomic mass is 16.3. The Labute approximate surface area is 117 Å². The zero-order valence-corrected chi connectivity index (χ0v) is 13.1. The van der Waals surface area contributed by atoms with Gasteiger partial charge < -0.3 is 10.4 Å². The van der Waals surface area contributed by atoms with E-state index in [0.29, 0.717) is 0 Å². The maximum atomic E-state index is 11.8. The van der Waals surface area contributed by atoms with Crippen LogP contribution in [0.2, 0.25) is 0 Å². The number of piperidine rings is 1. The lowest BCUT2D eigenvalue weighted by atomic mass is 9.97. The summed E-state index contributed by atoms with van der Waals surface area (Å²) >= 11 is 0. The first-order valence-electron chi connectivity index (χ1n) is 7.42. The Morgan fingerprint density at radius 1 is 1.32 bits per heavy atom. The number of hydrogen-bond acceptors (Lipinski definition) is 3. The van der Waals surface area contributed by atoms with E-state index < -0.39 is 6.10 Å². The lowest BCUT2D eigenvalue weighted by Gasteiger charge is -2.41. The van der Waals surface area contributed by atoms with E-state index in [-0.39, 0.29) is 29.8 Å². The molecule has 0 spiro atoms. The molecule has 19 heavy (non-hydrogen) atoms. The Hall–Kier alpha value is -0.610. The number of aliphatic hydroxyl groups is 1. The van der Waals surface area contributed by atoms with Gasteiger partial charge in [0.15, 0.2) is 0 Å². The molecule has 4 heteroatoms. The predicted molar refractivity (Wildman–Crippen MR) is 78.0 cm³/mol. The lowest BCUT2D eigenvalue weighted by Crippen LogP contribution is -2.51. The van der Waals surface area contributed by atoms with Crippen LogP contribution in [0.4, 0.5) is 0 Å². The molecule has 1 heterocycles. The number of amides is 1. The Balaban J connectivity index is 2.31. The van der Waals surface area contributed by atoms with Gasteiger partial charge in [-0.1, -0.05) is 13.8 Å². The fraction of sp³-hybridized carbons (Fsp3) is 0.933. The van der Waals surface area contributed by atoms with Crippen molar-refractivity contribution >= 4 is 5.91 Å². The van der Waals surface area contributed by atoms with Gasteiger partial charge in [-0.05, 0) is 39.5 Å². The minimum Gasteiger partial charge on any atom is -0.392 e. The Morgan fingerprint density at radius 3 is 2.26 bits per heavy atom. The summed E-state index contributed by atoms with van der Waals surface area (Å²) in [6.07, 6.45) is 1.69. The molecule has 1 aliphatic rings. The summed E-state index contributed by atoms with van der Waals surface area (Å²) in [6.45, 7) is 12.6. The van der Waals surface area contributed by atoms with Gasteiger partial charge in [0.25, 0.3) is 0 Å². The van der Waals surface area contributed by atoms with E-state index in [0.717, 1.165) is 25.9 Å². The minimum absolute atomic E-state index is 0.0181. The fourth-order valence-corrected chi connectivity index (χ4v) is 2.41. The third kappa shape index (κ3) is 5.49. The van der Waals surface area contributed by atoms with Crippen LogP contribution in [0.5, 0.6) is 0 Å². The van der Waals surface area contributed by atoms with Crippen molar-refractivity contribution in [1.29, 1.82) is 0 Å². The number of carbonyl (C=O) groups is 1. The van der Waals surface area contributed by atoms with Crippen molar-refractivity contribution in [3.05, 3.63) is 0 Å². The molecule has 1 atom stereocenters. The molecule has 2 N–H and O–H groups in total. The number of hydrogen-bond donors (Lipinski definition) is 2. The van der Waals surface area contributed by atoms with Crippen molar-refractivity contribution in [3.63, 3.8) is 0 Å². The Bertz CT molecular complexity index is 289. The smallest absolute Gasteiger partial charge is 0.222 e. The third-order valence-electron chi connectivity index (χ3n) is 3.97. The highest BCUT2D eigenvalue weighted by Crippen LogP contribution is 2.20. The molecule has 1 fully saturated rings. The van der Waals surface area contributed by atoms with Gasteiger partial charge in [-0.2, -0.15) is 0 Å². The van der Waals surface area contributed by atoms with Crippen molar-refractivity contribution in [2.24, 2.45) is 5.92 Å². The summed E-state index contributed by atoms with van der Waals surface area (Å²) in [5.74, 6) is 0.115. The molecule has 0 radical (unpaired) electrons. The molecule has 0 saturated carbocycles. The fourth-order valence-electron chi connectivity index (χ4n) is 2.41. The van der Waals surface area contributed by atoms with E-state index in [1.165, 1.54) is 0 Å². The molecule has 0 aromatic rings. The molecule has 0 bridgehead atoms. The summed E-state index contributed by atoms with van der Waals surface area (Å²) < 4.78 is 0. The van der Waals surface area contributed by atoms with E-state index in [4.69, 9.17) is 0 Å². The maximum Gasteiger partial charge on any atom is 0.222 e. The monoisotopic (exact) mass is 270 g/mol. The molecular weight excluding hydrogens is 240 g/mol. The van der Waals surface area contributed by atoms with Crippen LogP contribution >= 0.6 is 0 Å². The van der Waals surface area contributed by atoms with Gasteiger partial charge in [0.05, 0.1) is 12.5 Å². The second-order valence-corrected chi connectivity index (χ2v) is 7.02. The van der Waals surface area contributed by atoms with Gasteiger partial charge in [0, 0.05) is 24.7 Å². The van der Waals surface area contributed by atoms with Crippen molar-refractivity contribution in [2.75, 3.05) is 13.1 Å². The maximum absolute atomic E-state index is 11.8. The lowest BCUT2D eigenvalue weighted by molar-refractivity contribution is -0.124. The van der Waals surface area contributed by atoms with E-state index in [1.807, 2.05) is 13.8 Å². The molecule has 1 amide bonds. The largest absolute Gasteiger partial charge is 0.392 e. The molecule has 1 saturated heterocycles. The predicted octanol–water partition coefficient (Wildman–Crippen LogP) is 1.77. The summed E-state index contributed by atoms with van der Waals surface area (Å²) in [4.78, 5) is 14.3. The highest BCUT2D eigenvalue weighted by Gasteiger charge is 2.27. The zero-order valence-electron chi connectivity index (χ0n) is 13.1. The van der Waals surface area contributed by atoms with Crippen LogP contribution in [0.1, 0.15) is 53.9 Å². The first-order valence-corrected chi connectivity index (χ1v) is 7.42. The quantitative estimate of drug-likeness (QED) is 0.818. The topological polar surface area (TPSA) is 52.6 Å². The van der Waals surface area contributed by atoms with Gasteiger partial charge in [-0.3, -0.25) is 9.69 Å². The third-order valence-corrected chi connectivity index (χ3v) is 3.97. The zero-order chi connectivity index (χ0) is 14.6. The molecular formula is C15H30N2O2. The van der Waals surface area contributed by atoms with Gasteiger partial charge >= 0.3 is 0 Å². The summed E-state index contributed by atoms with van der Waals surface area (Å²) in [5.41, 5.74) is 0.211. The average Bonchev–Trinajstić information content (AvgIpc) is 2.28. The number of rotatable bonds is 4. The molecule has 0 aliphatic carbocycles. The van der Waals surface area contributed by atoms with Crippen LogP contribution in [0.3, 0.4) is 0 Å². The van der Waals surface area contributed by atoms with E-state index in [9.17, 15) is 9.90 Å². The number of nitrogens with zero attached hydrogens (tertiary/aromatic N) is 1. The number of likely N-dealkylation sites (tertiary alicyclic amines) is 1. The van der Waals surface area contributed by atoms with Crippen LogP contribution in [0.15, 0.2) is 0 Å². The van der Waals surface area contributed by atoms with Crippen LogP contribution in [0.25, 0.3) is 0 Å². The molecule has 1 aliphatic heterocycles. The number of aliphatic hydroxyl groups excluding tert-OH is 1. The Kier molecular flexibility index (Phi) is 5.81. The van der Waals surface area contributed by atoms with Crippen molar-refractivity contribution < 1.29 is 9.90 Å². The molecule has 4 nitrogen and oxygen atoms in total. The van der Waals surface area contributed by atoms with Crippen molar-refractivity contribution in [3.8, 4) is 0 Å². The second-order valence-electron chi connectivity index (χ2n) is 7.02. The van der Waals surface area contributed by atoms with Crippen molar-refractivity contribution in [2.45, 2.75) is 71.6 Å². The van der Waals surface area contributed by atoms with E-state index in [1.54, 1.807) is 0 Å². The van der Waals surface area contributed by atoms with Gasteiger partial charge in [-0.25, -0.2) is 0 Å². The summed E-state index contributed by atoms with van der Waals surface area (Å²) in [6, 6.07) is 0.269. The van der Waals surface area contributed by atoms with Crippen LogP contribution in [-0.4, -0.2) is 46.7 Å². The van der Waals surface area contributed by atoms with Crippen LogP contribution in [0, 0.1) is 5.92 Å². The van der Waals surface area contributed by atoms with E-state index >= 15 is 0 Å². The van der Waals surface area contributed by atoms with Crippen LogP contribution < -0.4 is 5.32 Å². The van der Waals surface area contributed by atoms with Gasteiger partial charge in [-0.15, -0.1) is 0 Å². The average molecular weight is 270 g/mol.